The number of hydrogen-bond acceptors (Lipinski definition) is 5. The molecule has 1 aromatic rings. The van der Waals surface area contributed by atoms with E-state index < -0.39 is 0 Å². The summed E-state index contributed by atoms with van der Waals surface area (Å²) in [5, 5.41) is 0. The Morgan fingerprint density at radius 3 is 2.74 bits per heavy atom. The van der Waals surface area contributed by atoms with Crippen molar-refractivity contribution in [2.24, 2.45) is 11.8 Å². The summed E-state index contributed by atoms with van der Waals surface area (Å²) in [6.07, 6.45) is 7.20. The molecule has 0 radical (unpaired) electrons. The van der Waals surface area contributed by atoms with Crippen LogP contribution in [0.25, 0.3) is 0 Å². The van der Waals surface area contributed by atoms with Crippen molar-refractivity contribution in [1.29, 1.82) is 0 Å². The first-order chi connectivity index (χ1) is 11.1. The summed E-state index contributed by atoms with van der Waals surface area (Å²) >= 11 is 0. The van der Waals surface area contributed by atoms with E-state index >= 15 is 0 Å². The third kappa shape index (κ3) is 3.47. The van der Waals surface area contributed by atoms with E-state index in [1.807, 2.05) is 0 Å². The second-order valence-corrected chi connectivity index (χ2v) is 7.10. The molecule has 2 aliphatic heterocycles. The Balaban J connectivity index is 1.64. The number of aromatic nitrogens is 2. The van der Waals surface area contributed by atoms with E-state index in [0.29, 0.717) is 17.9 Å². The second kappa shape index (κ2) is 6.83. The molecule has 126 valence electrons. The predicted octanol–water partition coefficient (Wildman–Crippen LogP) is 1.10. The van der Waals surface area contributed by atoms with Gasteiger partial charge in [-0.15, -0.1) is 0 Å². The van der Waals surface area contributed by atoms with E-state index in [4.69, 9.17) is 0 Å². The number of carbonyl (C=O) groups is 1. The lowest BCUT2D eigenvalue weighted by atomic mass is 9.96. The standard InChI is InChI=1S/C17H27N5O/c1-13-10-22(12-15(13)20(2)3)17(23)14-5-4-8-21(11-14)16-9-18-6-7-19-16/h6-7,9,13-15H,4-5,8,10-12H2,1-3H3/t13-,14-,15-/m1/s1. The summed E-state index contributed by atoms with van der Waals surface area (Å²) in [6, 6.07) is 0.471. The number of piperidine rings is 1. The lowest BCUT2D eigenvalue weighted by molar-refractivity contribution is -0.135. The lowest BCUT2D eigenvalue weighted by Crippen LogP contribution is -2.45. The highest BCUT2D eigenvalue weighted by molar-refractivity contribution is 5.80. The SMILES string of the molecule is C[C@@H]1CN(C(=O)[C@@H]2CCCN(c3cnccn3)C2)C[C@H]1N(C)C. The van der Waals surface area contributed by atoms with Gasteiger partial charge in [-0.1, -0.05) is 6.92 Å². The lowest BCUT2D eigenvalue weighted by Gasteiger charge is -2.34. The van der Waals surface area contributed by atoms with Gasteiger partial charge in [0, 0.05) is 44.6 Å². The zero-order valence-corrected chi connectivity index (χ0v) is 14.4. The first kappa shape index (κ1) is 16.2. The molecule has 3 atom stereocenters. The minimum atomic E-state index is 0.0823. The quantitative estimate of drug-likeness (QED) is 0.836. The van der Waals surface area contributed by atoms with Crippen LogP contribution in [-0.4, -0.2) is 72.0 Å². The molecule has 0 aromatic carbocycles. The van der Waals surface area contributed by atoms with Gasteiger partial charge in [-0.05, 0) is 32.9 Å². The van der Waals surface area contributed by atoms with Crippen LogP contribution >= 0.6 is 0 Å². The minimum absolute atomic E-state index is 0.0823. The number of carbonyl (C=O) groups excluding carboxylic acids is 1. The summed E-state index contributed by atoms with van der Waals surface area (Å²) in [4.78, 5) is 28.0. The van der Waals surface area contributed by atoms with Crippen LogP contribution in [0.4, 0.5) is 5.82 Å². The Morgan fingerprint density at radius 2 is 2.09 bits per heavy atom. The Hall–Kier alpha value is -1.69. The van der Waals surface area contributed by atoms with Gasteiger partial charge in [-0.3, -0.25) is 9.78 Å². The van der Waals surface area contributed by atoms with Gasteiger partial charge >= 0.3 is 0 Å². The zero-order chi connectivity index (χ0) is 16.4. The summed E-state index contributed by atoms with van der Waals surface area (Å²) < 4.78 is 0. The maximum absolute atomic E-state index is 12.9. The van der Waals surface area contributed by atoms with E-state index in [0.717, 1.165) is 44.8 Å². The van der Waals surface area contributed by atoms with Crippen molar-refractivity contribution in [3.05, 3.63) is 18.6 Å². The van der Waals surface area contributed by atoms with Crippen molar-refractivity contribution < 1.29 is 4.79 Å². The zero-order valence-electron chi connectivity index (χ0n) is 14.4. The van der Waals surface area contributed by atoms with Crippen molar-refractivity contribution >= 4 is 11.7 Å². The van der Waals surface area contributed by atoms with Crippen LogP contribution < -0.4 is 4.90 Å². The summed E-state index contributed by atoms with van der Waals surface area (Å²) in [6.45, 7) is 5.69. The molecule has 3 heterocycles. The molecule has 23 heavy (non-hydrogen) atoms. The Bertz CT molecular complexity index is 535. The number of hydrogen-bond donors (Lipinski definition) is 0. The normalized spacial score (nSPS) is 28.4. The van der Waals surface area contributed by atoms with Crippen LogP contribution in [0.3, 0.4) is 0 Å². The van der Waals surface area contributed by atoms with Gasteiger partial charge in [0.15, 0.2) is 0 Å². The van der Waals surface area contributed by atoms with Gasteiger partial charge in [0.2, 0.25) is 5.91 Å². The molecule has 0 saturated carbocycles. The molecule has 2 saturated heterocycles. The average Bonchev–Trinajstić information content (AvgIpc) is 2.97. The van der Waals surface area contributed by atoms with Crippen molar-refractivity contribution in [2.45, 2.75) is 25.8 Å². The largest absolute Gasteiger partial charge is 0.355 e. The minimum Gasteiger partial charge on any atom is -0.355 e. The van der Waals surface area contributed by atoms with Crippen LogP contribution in [0.2, 0.25) is 0 Å². The maximum Gasteiger partial charge on any atom is 0.227 e. The molecule has 1 amide bonds. The smallest absolute Gasteiger partial charge is 0.227 e. The fourth-order valence-corrected chi connectivity index (χ4v) is 3.90. The van der Waals surface area contributed by atoms with E-state index in [1.54, 1.807) is 18.6 Å². The summed E-state index contributed by atoms with van der Waals surface area (Å²) in [7, 11) is 4.21. The van der Waals surface area contributed by atoms with Crippen LogP contribution in [-0.2, 0) is 4.79 Å². The Labute approximate surface area is 138 Å². The molecule has 6 heteroatoms. The molecule has 0 unspecified atom stereocenters. The number of amides is 1. The van der Waals surface area contributed by atoms with Crippen molar-refractivity contribution in [2.75, 3.05) is 45.2 Å². The number of rotatable bonds is 3. The van der Waals surface area contributed by atoms with Gasteiger partial charge in [0.25, 0.3) is 0 Å². The fraction of sp³-hybridized carbons (Fsp3) is 0.706. The average molecular weight is 317 g/mol. The van der Waals surface area contributed by atoms with Gasteiger partial charge < -0.3 is 14.7 Å². The van der Waals surface area contributed by atoms with Gasteiger partial charge in [-0.25, -0.2) is 4.98 Å². The highest BCUT2D eigenvalue weighted by Gasteiger charge is 2.37. The topological polar surface area (TPSA) is 52.6 Å². The van der Waals surface area contributed by atoms with E-state index in [1.165, 1.54) is 0 Å². The number of likely N-dealkylation sites (N-methyl/N-ethyl adjacent to an activating group) is 1. The van der Waals surface area contributed by atoms with Crippen molar-refractivity contribution in [3.8, 4) is 0 Å². The molecule has 0 N–H and O–H groups in total. The van der Waals surface area contributed by atoms with Gasteiger partial charge in [0.1, 0.15) is 5.82 Å². The molecule has 2 fully saturated rings. The molecule has 0 aliphatic carbocycles. The predicted molar refractivity (Wildman–Crippen MR) is 90.2 cm³/mol. The third-order valence-corrected chi connectivity index (χ3v) is 5.19. The van der Waals surface area contributed by atoms with Crippen molar-refractivity contribution in [1.82, 2.24) is 19.8 Å². The second-order valence-electron chi connectivity index (χ2n) is 7.10. The number of likely N-dealkylation sites (tertiary alicyclic amines) is 1. The maximum atomic E-state index is 12.9. The number of anilines is 1. The van der Waals surface area contributed by atoms with E-state index in [-0.39, 0.29) is 5.92 Å². The monoisotopic (exact) mass is 317 g/mol. The molecule has 6 nitrogen and oxygen atoms in total. The van der Waals surface area contributed by atoms with E-state index in [2.05, 4.69) is 45.7 Å². The van der Waals surface area contributed by atoms with Crippen LogP contribution in [0.5, 0.6) is 0 Å². The molecule has 0 bridgehead atoms. The Morgan fingerprint density at radius 1 is 1.26 bits per heavy atom. The molecular formula is C17H27N5O. The molecular weight excluding hydrogens is 290 g/mol. The molecule has 3 rings (SSSR count). The molecule has 2 aliphatic rings. The van der Waals surface area contributed by atoms with Crippen molar-refractivity contribution in [3.63, 3.8) is 0 Å². The van der Waals surface area contributed by atoms with Gasteiger partial charge in [-0.2, -0.15) is 0 Å². The Kier molecular flexibility index (Phi) is 4.80. The fourth-order valence-electron chi connectivity index (χ4n) is 3.90. The van der Waals surface area contributed by atoms with E-state index in [9.17, 15) is 4.79 Å². The first-order valence-corrected chi connectivity index (χ1v) is 8.52. The highest BCUT2D eigenvalue weighted by Crippen LogP contribution is 2.26. The summed E-state index contributed by atoms with van der Waals surface area (Å²) in [5.41, 5.74) is 0. The third-order valence-electron chi connectivity index (χ3n) is 5.19. The van der Waals surface area contributed by atoms with Crippen LogP contribution in [0, 0.1) is 11.8 Å². The van der Waals surface area contributed by atoms with Crippen LogP contribution in [0.1, 0.15) is 19.8 Å². The molecule has 0 spiro atoms. The molecule has 1 aromatic heterocycles. The van der Waals surface area contributed by atoms with Crippen LogP contribution in [0.15, 0.2) is 18.6 Å². The first-order valence-electron chi connectivity index (χ1n) is 8.52. The van der Waals surface area contributed by atoms with Gasteiger partial charge in [0.05, 0.1) is 12.1 Å². The summed E-state index contributed by atoms with van der Waals surface area (Å²) in [5.74, 6) is 1.81. The highest BCUT2D eigenvalue weighted by atomic mass is 16.2. The number of nitrogens with zero attached hydrogens (tertiary/aromatic N) is 5.